The van der Waals surface area contributed by atoms with Crippen molar-refractivity contribution in [2.24, 2.45) is 0 Å². The number of hydrogen-bond donors (Lipinski definition) is 2. The second-order valence-electron chi connectivity index (χ2n) is 5.40. The largest absolute Gasteiger partial charge is 0.459 e. The first-order valence-electron chi connectivity index (χ1n) is 7.52. The molecular formula is C18H13Cl2N3O3. The molecule has 0 unspecified atom stereocenters. The zero-order valence-electron chi connectivity index (χ0n) is 13.5. The van der Waals surface area contributed by atoms with E-state index >= 15 is 0 Å². The molecule has 0 saturated carbocycles. The van der Waals surface area contributed by atoms with Gasteiger partial charge in [0, 0.05) is 23.5 Å². The van der Waals surface area contributed by atoms with Crippen molar-refractivity contribution in [3.8, 4) is 0 Å². The lowest BCUT2D eigenvalue weighted by Crippen LogP contribution is -2.15. The number of anilines is 2. The standard InChI is InChI=1S/C18H13Cl2N3O3/c1-10-4-5-11(7-14(10)22-18(25)15-3-2-6-26-15)17(24)23-16-8-12(19)13(20)9-21-16/h2-9H,1H3,(H,22,25)(H,21,23,24). The summed E-state index contributed by atoms with van der Waals surface area (Å²) in [6.45, 7) is 1.82. The minimum absolute atomic E-state index is 0.180. The van der Waals surface area contributed by atoms with Crippen LogP contribution in [0.4, 0.5) is 11.5 Å². The summed E-state index contributed by atoms with van der Waals surface area (Å²) in [4.78, 5) is 28.6. The van der Waals surface area contributed by atoms with E-state index in [0.29, 0.717) is 16.3 Å². The van der Waals surface area contributed by atoms with Gasteiger partial charge < -0.3 is 15.1 Å². The van der Waals surface area contributed by atoms with Crippen molar-refractivity contribution in [2.45, 2.75) is 6.92 Å². The molecule has 2 amide bonds. The van der Waals surface area contributed by atoms with Crippen LogP contribution in [0.3, 0.4) is 0 Å². The number of hydrogen-bond acceptors (Lipinski definition) is 4. The van der Waals surface area contributed by atoms with Crippen LogP contribution in [0.5, 0.6) is 0 Å². The molecule has 2 N–H and O–H groups in total. The maximum Gasteiger partial charge on any atom is 0.291 e. The summed E-state index contributed by atoms with van der Waals surface area (Å²) in [5, 5.41) is 5.93. The minimum atomic E-state index is -0.401. The predicted octanol–water partition coefficient (Wildman–Crippen LogP) is 4.79. The summed E-state index contributed by atoms with van der Waals surface area (Å²) >= 11 is 11.7. The lowest BCUT2D eigenvalue weighted by Gasteiger charge is -2.10. The Bertz CT molecular complexity index is 972. The Kier molecular flexibility index (Phi) is 5.25. The number of pyridine rings is 1. The lowest BCUT2D eigenvalue weighted by atomic mass is 10.1. The molecule has 0 aliphatic rings. The van der Waals surface area contributed by atoms with Gasteiger partial charge in [0.1, 0.15) is 5.82 Å². The van der Waals surface area contributed by atoms with Crippen LogP contribution < -0.4 is 10.6 Å². The molecule has 8 heteroatoms. The fraction of sp³-hybridized carbons (Fsp3) is 0.0556. The van der Waals surface area contributed by atoms with Crippen LogP contribution in [-0.2, 0) is 0 Å². The molecule has 0 aliphatic carbocycles. The van der Waals surface area contributed by atoms with Gasteiger partial charge in [0.05, 0.1) is 16.3 Å². The second kappa shape index (κ2) is 7.59. The van der Waals surface area contributed by atoms with Gasteiger partial charge in [-0.3, -0.25) is 9.59 Å². The van der Waals surface area contributed by atoms with Crippen molar-refractivity contribution in [2.75, 3.05) is 10.6 Å². The van der Waals surface area contributed by atoms with Gasteiger partial charge in [0.15, 0.2) is 5.76 Å². The number of amides is 2. The van der Waals surface area contributed by atoms with E-state index in [1.54, 1.807) is 30.3 Å². The lowest BCUT2D eigenvalue weighted by molar-refractivity contribution is 0.0993. The van der Waals surface area contributed by atoms with Crippen LogP contribution in [0.25, 0.3) is 0 Å². The molecule has 0 fully saturated rings. The molecular weight excluding hydrogens is 377 g/mol. The predicted molar refractivity (Wildman–Crippen MR) is 100 cm³/mol. The number of rotatable bonds is 4. The first-order valence-corrected chi connectivity index (χ1v) is 8.27. The molecule has 0 atom stereocenters. The number of furan rings is 1. The molecule has 2 aromatic heterocycles. The Morgan fingerprint density at radius 2 is 1.85 bits per heavy atom. The molecule has 3 aromatic rings. The first kappa shape index (κ1) is 18.0. The van der Waals surface area contributed by atoms with Crippen LogP contribution in [0.2, 0.25) is 10.0 Å². The third kappa shape index (κ3) is 4.04. The summed E-state index contributed by atoms with van der Waals surface area (Å²) in [7, 11) is 0. The first-order chi connectivity index (χ1) is 12.4. The molecule has 1 aromatic carbocycles. The smallest absolute Gasteiger partial charge is 0.291 e. The highest BCUT2D eigenvalue weighted by Crippen LogP contribution is 2.24. The molecule has 6 nitrogen and oxygen atoms in total. The highest BCUT2D eigenvalue weighted by molar-refractivity contribution is 6.42. The quantitative estimate of drug-likeness (QED) is 0.671. The van der Waals surface area contributed by atoms with Gasteiger partial charge in [-0.05, 0) is 36.8 Å². The molecule has 0 spiro atoms. The molecule has 2 heterocycles. The maximum atomic E-state index is 12.4. The monoisotopic (exact) mass is 389 g/mol. The second-order valence-corrected chi connectivity index (χ2v) is 6.21. The topological polar surface area (TPSA) is 84.2 Å². The van der Waals surface area contributed by atoms with Crippen LogP contribution in [0, 0.1) is 6.92 Å². The minimum Gasteiger partial charge on any atom is -0.459 e. The number of carbonyl (C=O) groups excluding carboxylic acids is 2. The van der Waals surface area contributed by atoms with Crippen LogP contribution in [-0.4, -0.2) is 16.8 Å². The number of benzene rings is 1. The van der Waals surface area contributed by atoms with Crippen molar-refractivity contribution in [3.63, 3.8) is 0 Å². The molecule has 0 bridgehead atoms. The van der Waals surface area contributed by atoms with Crippen LogP contribution in [0.1, 0.15) is 26.5 Å². The molecule has 0 radical (unpaired) electrons. The van der Waals surface area contributed by atoms with E-state index in [4.69, 9.17) is 27.6 Å². The molecule has 26 heavy (non-hydrogen) atoms. The maximum absolute atomic E-state index is 12.4. The number of aryl methyl sites for hydroxylation is 1. The SMILES string of the molecule is Cc1ccc(C(=O)Nc2cc(Cl)c(Cl)cn2)cc1NC(=O)c1ccco1. The third-order valence-electron chi connectivity index (χ3n) is 3.54. The van der Waals surface area contributed by atoms with E-state index in [0.717, 1.165) is 5.56 Å². The van der Waals surface area contributed by atoms with Gasteiger partial charge in [-0.2, -0.15) is 0 Å². The Labute approximate surface area is 159 Å². The summed E-state index contributed by atoms with van der Waals surface area (Å²) < 4.78 is 5.06. The summed E-state index contributed by atoms with van der Waals surface area (Å²) in [6.07, 6.45) is 2.76. The van der Waals surface area contributed by atoms with Crippen LogP contribution in [0.15, 0.2) is 53.3 Å². The third-order valence-corrected chi connectivity index (χ3v) is 4.25. The summed E-state index contributed by atoms with van der Waals surface area (Å²) in [5.74, 6) is -0.350. The van der Waals surface area contributed by atoms with E-state index < -0.39 is 11.8 Å². The van der Waals surface area contributed by atoms with E-state index in [2.05, 4.69) is 15.6 Å². The number of aromatic nitrogens is 1. The van der Waals surface area contributed by atoms with E-state index in [9.17, 15) is 9.59 Å². The number of carbonyl (C=O) groups is 2. The molecule has 0 saturated heterocycles. The van der Waals surface area contributed by atoms with E-state index in [1.165, 1.54) is 18.5 Å². The Hall–Kier alpha value is -2.83. The zero-order chi connectivity index (χ0) is 18.7. The summed E-state index contributed by atoms with van der Waals surface area (Å²) in [6, 6.07) is 9.57. The molecule has 132 valence electrons. The highest BCUT2D eigenvalue weighted by atomic mass is 35.5. The van der Waals surface area contributed by atoms with Gasteiger partial charge in [-0.1, -0.05) is 29.3 Å². The zero-order valence-corrected chi connectivity index (χ0v) is 15.1. The number of nitrogens with one attached hydrogen (secondary N) is 2. The number of halogens is 2. The van der Waals surface area contributed by atoms with Crippen LogP contribution >= 0.6 is 23.2 Å². The molecule has 0 aliphatic heterocycles. The van der Waals surface area contributed by atoms with E-state index in [-0.39, 0.29) is 16.6 Å². The average molecular weight is 390 g/mol. The average Bonchev–Trinajstić information content (AvgIpc) is 3.15. The van der Waals surface area contributed by atoms with Gasteiger partial charge >= 0.3 is 0 Å². The normalized spacial score (nSPS) is 10.4. The Morgan fingerprint density at radius 3 is 2.54 bits per heavy atom. The number of nitrogens with zero attached hydrogens (tertiary/aromatic N) is 1. The fourth-order valence-electron chi connectivity index (χ4n) is 2.16. The van der Waals surface area contributed by atoms with Gasteiger partial charge in [-0.15, -0.1) is 0 Å². The van der Waals surface area contributed by atoms with Crippen molar-refractivity contribution in [1.82, 2.24) is 4.98 Å². The van der Waals surface area contributed by atoms with Crippen molar-refractivity contribution in [3.05, 3.63) is 75.8 Å². The van der Waals surface area contributed by atoms with Gasteiger partial charge in [0.25, 0.3) is 11.8 Å². The Morgan fingerprint density at radius 1 is 1.04 bits per heavy atom. The fourth-order valence-corrected chi connectivity index (χ4v) is 2.42. The van der Waals surface area contributed by atoms with Gasteiger partial charge in [0.2, 0.25) is 0 Å². The summed E-state index contributed by atoms with van der Waals surface area (Å²) in [5.41, 5.74) is 1.65. The van der Waals surface area contributed by atoms with Gasteiger partial charge in [-0.25, -0.2) is 4.98 Å². The van der Waals surface area contributed by atoms with E-state index in [1.807, 2.05) is 6.92 Å². The highest BCUT2D eigenvalue weighted by Gasteiger charge is 2.14. The van der Waals surface area contributed by atoms with Crippen molar-refractivity contribution in [1.29, 1.82) is 0 Å². The van der Waals surface area contributed by atoms with Crippen molar-refractivity contribution >= 4 is 46.5 Å². The Balaban J connectivity index is 1.78. The van der Waals surface area contributed by atoms with Crippen molar-refractivity contribution < 1.29 is 14.0 Å². The molecule has 3 rings (SSSR count).